The van der Waals surface area contributed by atoms with E-state index in [0.717, 1.165) is 23.7 Å². The number of nitrogens with zero attached hydrogens (tertiary/aromatic N) is 1. The van der Waals surface area contributed by atoms with Crippen LogP contribution in [0.3, 0.4) is 0 Å². The summed E-state index contributed by atoms with van der Waals surface area (Å²) in [4.78, 5) is 17.1. The number of hydrogen-bond donors (Lipinski definition) is 2. The van der Waals surface area contributed by atoms with Crippen LogP contribution in [0.5, 0.6) is 0 Å². The van der Waals surface area contributed by atoms with E-state index in [2.05, 4.69) is 29.4 Å². The molecule has 0 radical (unpaired) electrons. The highest BCUT2D eigenvalue weighted by Crippen LogP contribution is 2.18. The zero-order valence-corrected chi connectivity index (χ0v) is 13.7. The molecular weight excluding hydrogens is 294 g/mol. The van der Waals surface area contributed by atoms with Gasteiger partial charge in [0, 0.05) is 16.3 Å². The van der Waals surface area contributed by atoms with Gasteiger partial charge in [-0.1, -0.05) is 6.07 Å². The van der Waals surface area contributed by atoms with Gasteiger partial charge in [0.25, 0.3) is 0 Å². The van der Waals surface area contributed by atoms with Crippen molar-refractivity contribution in [3.8, 4) is 0 Å². The number of anilines is 2. The summed E-state index contributed by atoms with van der Waals surface area (Å²) in [6, 6.07) is 12.1. The van der Waals surface area contributed by atoms with Crippen LogP contribution in [0.4, 0.5) is 11.4 Å². The van der Waals surface area contributed by atoms with E-state index in [0.29, 0.717) is 6.42 Å². The van der Waals surface area contributed by atoms with Crippen LogP contribution in [0, 0.1) is 0 Å². The molecule has 2 heterocycles. The summed E-state index contributed by atoms with van der Waals surface area (Å²) >= 11 is 1.61. The lowest BCUT2D eigenvalue weighted by molar-refractivity contribution is -0.880. The molecule has 1 aromatic heterocycles. The summed E-state index contributed by atoms with van der Waals surface area (Å²) in [5.74, 6) is 0.0402. The first-order valence-electron chi connectivity index (χ1n) is 7.69. The normalized spacial score (nSPS) is 15.8. The molecule has 0 aliphatic carbocycles. The average molecular weight is 316 g/mol. The summed E-state index contributed by atoms with van der Waals surface area (Å²) in [5.41, 5.74) is 2.11. The van der Waals surface area contributed by atoms with Crippen molar-refractivity contribution in [2.75, 3.05) is 43.4 Å². The molecule has 116 valence electrons. The van der Waals surface area contributed by atoms with Crippen LogP contribution in [-0.4, -0.2) is 39.1 Å². The van der Waals surface area contributed by atoms with Gasteiger partial charge in [0.15, 0.2) is 0 Å². The number of rotatable bonds is 4. The van der Waals surface area contributed by atoms with Gasteiger partial charge >= 0.3 is 0 Å². The summed E-state index contributed by atoms with van der Waals surface area (Å²) in [7, 11) is 2.24. The topological polar surface area (TPSA) is 36.8 Å². The van der Waals surface area contributed by atoms with E-state index in [1.807, 2.05) is 29.6 Å². The van der Waals surface area contributed by atoms with Crippen molar-refractivity contribution in [2.24, 2.45) is 0 Å². The molecule has 1 fully saturated rings. The van der Waals surface area contributed by atoms with Gasteiger partial charge in [-0.3, -0.25) is 4.79 Å². The minimum Gasteiger partial charge on any atom is -0.360 e. The standard InChI is InChI=1S/C17H21N3OS/c1-19-8-10-20(11-9-19)15-6-4-14(5-7-15)18-17(21)13-16-3-2-12-22-16/h2-7,12H,8-11,13H2,1H3,(H,18,21)/p+1. The zero-order chi connectivity index (χ0) is 15.4. The Morgan fingerprint density at radius 3 is 2.59 bits per heavy atom. The van der Waals surface area contributed by atoms with Crippen molar-refractivity contribution in [1.29, 1.82) is 0 Å². The number of nitrogens with one attached hydrogen (secondary N) is 2. The Bertz CT molecular complexity index is 601. The average Bonchev–Trinajstić information content (AvgIpc) is 3.02. The second kappa shape index (κ2) is 6.94. The lowest BCUT2D eigenvalue weighted by Gasteiger charge is -2.31. The van der Waals surface area contributed by atoms with Crippen LogP contribution < -0.4 is 15.1 Å². The fourth-order valence-electron chi connectivity index (χ4n) is 2.68. The van der Waals surface area contributed by atoms with Crippen molar-refractivity contribution in [2.45, 2.75) is 6.42 Å². The second-order valence-corrected chi connectivity index (χ2v) is 6.83. The summed E-state index contributed by atoms with van der Waals surface area (Å²) in [6.07, 6.45) is 0.445. The third-order valence-electron chi connectivity index (χ3n) is 4.05. The molecule has 3 rings (SSSR count). The second-order valence-electron chi connectivity index (χ2n) is 5.80. The number of carbonyl (C=O) groups excluding carboxylic acids is 1. The molecule has 2 aromatic rings. The largest absolute Gasteiger partial charge is 0.360 e. The summed E-state index contributed by atoms with van der Waals surface area (Å²) < 4.78 is 0. The molecule has 1 aromatic carbocycles. The van der Waals surface area contributed by atoms with E-state index in [1.165, 1.54) is 18.8 Å². The molecule has 4 nitrogen and oxygen atoms in total. The van der Waals surface area contributed by atoms with E-state index >= 15 is 0 Å². The maximum atomic E-state index is 12.0. The minimum atomic E-state index is 0.0402. The highest BCUT2D eigenvalue weighted by Gasteiger charge is 2.16. The van der Waals surface area contributed by atoms with Crippen molar-refractivity contribution >= 4 is 28.6 Å². The highest BCUT2D eigenvalue weighted by atomic mass is 32.1. The van der Waals surface area contributed by atoms with Gasteiger partial charge in [-0.05, 0) is 35.7 Å². The smallest absolute Gasteiger partial charge is 0.229 e. The molecule has 1 aliphatic heterocycles. The molecule has 0 atom stereocenters. The number of hydrogen-bond acceptors (Lipinski definition) is 3. The summed E-state index contributed by atoms with van der Waals surface area (Å²) in [6.45, 7) is 4.55. The van der Waals surface area contributed by atoms with Gasteiger partial charge in [0.05, 0.1) is 39.6 Å². The predicted octanol–water partition coefficient (Wildman–Crippen LogP) is 1.26. The third-order valence-corrected chi connectivity index (χ3v) is 4.92. The number of quaternary nitrogens is 1. The molecule has 0 saturated carbocycles. The Balaban J connectivity index is 1.56. The van der Waals surface area contributed by atoms with Crippen molar-refractivity contribution < 1.29 is 9.69 Å². The molecule has 1 amide bonds. The van der Waals surface area contributed by atoms with Crippen molar-refractivity contribution in [1.82, 2.24) is 0 Å². The van der Waals surface area contributed by atoms with E-state index in [9.17, 15) is 4.79 Å². The van der Waals surface area contributed by atoms with Crippen molar-refractivity contribution in [3.05, 3.63) is 46.7 Å². The monoisotopic (exact) mass is 316 g/mol. The van der Waals surface area contributed by atoms with Crippen LogP contribution in [0.15, 0.2) is 41.8 Å². The Kier molecular flexibility index (Phi) is 4.75. The van der Waals surface area contributed by atoms with Crippen LogP contribution >= 0.6 is 11.3 Å². The lowest BCUT2D eigenvalue weighted by atomic mass is 10.2. The fraction of sp³-hybridized carbons (Fsp3) is 0.353. The van der Waals surface area contributed by atoms with Gasteiger partial charge in [-0.15, -0.1) is 11.3 Å². The SMILES string of the molecule is C[NH+]1CCN(c2ccc(NC(=O)Cc3cccs3)cc2)CC1. The third kappa shape index (κ3) is 3.87. The maximum absolute atomic E-state index is 12.0. The van der Waals surface area contributed by atoms with Crippen LogP contribution in [-0.2, 0) is 11.2 Å². The number of amides is 1. The first-order chi connectivity index (χ1) is 10.7. The number of benzene rings is 1. The first-order valence-corrected chi connectivity index (χ1v) is 8.57. The number of thiophene rings is 1. The van der Waals surface area contributed by atoms with Gasteiger partial charge in [0.1, 0.15) is 0 Å². The van der Waals surface area contributed by atoms with Gasteiger partial charge in [-0.25, -0.2) is 0 Å². The van der Waals surface area contributed by atoms with Gasteiger partial charge in [-0.2, -0.15) is 0 Å². The van der Waals surface area contributed by atoms with E-state index < -0.39 is 0 Å². The Morgan fingerprint density at radius 2 is 1.95 bits per heavy atom. The van der Waals surface area contributed by atoms with Crippen LogP contribution in [0.1, 0.15) is 4.88 Å². The molecule has 0 bridgehead atoms. The van der Waals surface area contributed by atoms with E-state index in [1.54, 1.807) is 16.2 Å². The lowest BCUT2D eigenvalue weighted by Crippen LogP contribution is -3.12. The predicted molar refractivity (Wildman–Crippen MR) is 91.9 cm³/mol. The Morgan fingerprint density at radius 1 is 1.23 bits per heavy atom. The number of piperazine rings is 1. The highest BCUT2D eigenvalue weighted by molar-refractivity contribution is 7.10. The first kappa shape index (κ1) is 15.1. The van der Waals surface area contributed by atoms with Crippen LogP contribution in [0.2, 0.25) is 0 Å². The summed E-state index contributed by atoms with van der Waals surface area (Å²) in [5, 5.41) is 4.96. The molecule has 0 spiro atoms. The zero-order valence-electron chi connectivity index (χ0n) is 12.8. The molecule has 2 N–H and O–H groups in total. The van der Waals surface area contributed by atoms with Crippen LogP contribution in [0.25, 0.3) is 0 Å². The Labute approximate surface area is 135 Å². The number of carbonyl (C=O) groups is 1. The molecule has 22 heavy (non-hydrogen) atoms. The van der Waals surface area contributed by atoms with Gasteiger partial charge < -0.3 is 15.1 Å². The van der Waals surface area contributed by atoms with E-state index in [-0.39, 0.29) is 5.91 Å². The molecular formula is C17H22N3OS+. The fourth-order valence-corrected chi connectivity index (χ4v) is 3.38. The quantitative estimate of drug-likeness (QED) is 0.891. The van der Waals surface area contributed by atoms with Crippen molar-refractivity contribution in [3.63, 3.8) is 0 Å². The maximum Gasteiger partial charge on any atom is 0.229 e. The molecule has 0 unspecified atom stereocenters. The van der Waals surface area contributed by atoms with E-state index in [4.69, 9.17) is 0 Å². The minimum absolute atomic E-state index is 0.0402. The molecule has 1 aliphatic rings. The molecule has 1 saturated heterocycles. The van der Waals surface area contributed by atoms with Gasteiger partial charge in [0.2, 0.25) is 5.91 Å². The molecule has 5 heteroatoms. The Hall–Kier alpha value is -1.85. The number of likely N-dealkylation sites (N-methyl/N-ethyl adjacent to an activating group) is 1.